The maximum absolute atomic E-state index is 11.1. The summed E-state index contributed by atoms with van der Waals surface area (Å²) in [6, 6.07) is 0. The number of H-pyrrole nitrogens is 1. The first-order valence-corrected chi connectivity index (χ1v) is 4.25. The zero-order chi connectivity index (χ0) is 9.64. The molecule has 2 rings (SSSR count). The molecule has 1 aromatic rings. The van der Waals surface area contributed by atoms with Crippen LogP contribution in [0.25, 0.3) is 0 Å². The molecule has 2 unspecified atom stereocenters. The van der Waals surface area contributed by atoms with Gasteiger partial charge in [0.15, 0.2) is 0 Å². The molecule has 0 amide bonds. The Hall–Kier alpha value is -1.29. The van der Waals surface area contributed by atoms with Gasteiger partial charge in [-0.05, 0) is 17.9 Å². The number of carbonyl (C=O) groups is 1. The highest BCUT2D eigenvalue weighted by Gasteiger charge is 2.48. The average molecular weight is 180 g/mol. The lowest BCUT2D eigenvalue weighted by Gasteiger charge is -2.24. The number of carboxylic acid groups (broad SMARTS) is 1. The maximum Gasteiger partial charge on any atom is 0.328 e. The molecule has 1 aliphatic carbocycles. The molecule has 4 heteroatoms. The highest BCUT2D eigenvalue weighted by atomic mass is 16.4. The number of aromatic nitrogens is 1. The van der Waals surface area contributed by atoms with Gasteiger partial charge in [0, 0.05) is 18.0 Å². The van der Waals surface area contributed by atoms with Gasteiger partial charge in [0.05, 0.1) is 0 Å². The Morgan fingerprint density at radius 2 is 2.46 bits per heavy atom. The molecule has 0 bridgehead atoms. The third-order valence-electron chi connectivity index (χ3n) is 2.93. The van der Waals surface area contributed by atoms with Gasteiger partial charge in [-0.2, -0.15) is 0 Å². The Labute approximate surface area is 75.8 Å². The molecule has 0 aliphatic heterocycles. The van der Waals surface area contributed by atoms with E-state index in [9.17, 15) is 4.79 Å². The van der Waals surface area contributed by atoms with E-state index in [-0.39, 0.29) is 5.92 Å². The molecular formula is C9H12N2O2. The van der Waals surface area contributed by atoms with Crippen molar-refractivity contribution in [3.63, 3.8) is 0 Å². The lowest BCUT2D eigenvalue weighted by atomic mass is 9.87. The molecule has 4 nitrogen and oxygen atoms in total. The fourth-order valence-corrected chi connectivity index (χ4v) is 2.03. The number of hydrogen-bond acceptors (Lipinski definition) is 2. The molecule has 0 aromatic carbocycles. The first kappa shape index (κ1) is 8.31. The predicted octanol–water partition coefficient (Wildman–Crippen LogP) is 0.446. The van der Waals surface area contributed by atoms with Gasteiger partial charge in [0.1, 0.15) is 5.54 Å². The monoisotopic (exact) mass is 180 g/mol. The first-order valence-electron chi connectivity index (χ1n) is 4.25. The molecule has 4 N–H and O–H groups in total. The van der Waals surface area contributed by atoms with Gasteiger partial charge >= 0.3 is 5.97 Å². The van der Waals surface area contributed by atoms with Crippen LogP contribution in [0.5, 0.6) is 0 Å². The molecule has 0 fully saturated rings. The van der Waals surface area contributed by atoms with Gasteiger partial charge in [-0.1, -0.05) is 6.92 Å². The minimum atomic E-state index is -1.20. The molecular weight excluding hydrogens is 168 g/mol. The van der Waals surface area contributed by atoms with Crippen LogP contribution < -0.4 is 5.73 Å². The van der Waals surface area contributed by atoms with Crippen molar-refractivity contribution in [1.29, 1.82) is 0 Å². The van der Waals surface area contributed by atoms with Crippen molar-refractivity contribution in [2.24, 2.45) is 11.7 Å². The third kappa shape index (κ3) is 0.862. The lowest BCUT2D eigenvalue weighted by molar-refractivity contribution is -0.145. The van der Waals surface area contributed by atoms with Crippen molar-refractivity contribution in [2.45, 2.75) is 18.9 Å². The van der Waals surface area contributed by atoms with E-state index in [0.717, 1.165) is 17.5 Å². The summed E-state index contributed by atoms with van der Waals surface area (Å²) in [4.78, 5) is 13.9. The lowest BCUT2D eigenvalue weighted by Crippen LogP contribution is -2.47. The molecule has 0 radical (unpaired) electrons. The molecule has 1 heterocycles. The van der Waals surface area contributed by atoms with E-state index in [1.807, 2.05) is 13.1 Å². The minimum Gasteiger partial charge on any atom is -0.480 e. The number of fused-ring (bicyclic) bond motifs is 1. The van der Waals surface area contributed by atoms with E-state index in [1.54, 1.807) is 6.20 Å². The van der Waals surface area contributed by atoms with Crippen LogP contribution in [0.2, 0.25) is 0 Å². The fourth-order valence-electron chi connectivity index (χ4n) is 2.03. The molecule has 0 saturated carbocycles. The van der Waals surface area contributed by atoms with Gasteiger partial charge in [-0.15, -0.1) is 0 Å². The number of hydrogen-bond donors (Lipinski definition) is 3. The molecule has 13 heavy (non-hydrogen) atoms. The number of carboxylic acids is 1. The summed E-state index contributed by atoms with van der Waals surface area (Å²) < 4.78 is 0. The molecule has 0 spiro atoms. The molecule has 70 valence electrons. The van der Waals surface area contributed by atoms with Crippen LogP contribution in [0.15, 0.2) is 12.4 Å². The summed E-state index contributed by atoms with van der Waals surface area (Å²) in [6.45, 7) is 1.87. The van der Waals surface area contributed by atoms with Gasteiger partial charge in [0.2, 0.25) is 0 Å². The third-order valence-corrected chi connectivity index (χ3v) is 2.93. The number of aromatic amines is 1. The summed E-state index contributed by atoms with van der Waals surface area (Å²) in [5.41, 5.74) is 6.44. The largest absolute Gasteiger partial charge is 0.480 e. The average Bonchev–Trinajstić information content (AvgIpc) is 2.57. The van der Waals surface area contributed by atoms with Gasteiger partial charge in [0.25, 0.3) is 0 Å². The highest BCUT2D eigenvalue weighted by molar-refractivity contribution is 5.82. The van der Waals surface area contributed by atoms with E-state index >= 15 is 0 Å². The van der Waals surface area contributed by atoms with Crippen LogP contribution in [0, 0.1) is 5.92 Å². The normalized spacial score (nSPS) is 31.7. The van der Waals surface area contributed by atoms with Gasteiger partial charge < -0.3 is 15.8 Å². The predicted molar refractivity (Wildman–Crippen MR) is 47.2 cm³/mol. The van der Waals surface area contributed by atoms with Crippen LogP contribution in [-0.2, 0) is 16.8 Å². The molecule has 0 saturated heterocycles. The Bertz CT molecular complexity index is 358. The topological polar surface area (TPSA) is 79.1 Å². The van der Waals surface area contributed by atoms with Gasteiger partial charge in [-0.3, -0.25) is 0 Å². The Balaban J connectivity index is 2.56. The Morgan fingerprint density at radius 3 is 3.08 bits per heavy atom. The van der Waals surface area contributed by atoms with Crippen LogP contribution in [0.3, 0.4) is 0 Å². The van der Waals surface area contributed by atoms with Gasteiger partial charge in [-0.25, -0.2) is 4.79 Å². The smallest absolute Gasteiger partial charge is 0.328 e. The summed E-state index contributed by atoms with van der Waals surface area (Å²) in [5.74, 6) is -0.983. The zero-order valence-electron chi connectivity index (χ0n) is 7.37. The van der Waals surface area contributed by atoms with Crippen molar-refractivity contribution < 1.29 is 9.90 Å². The Morgan fingerprint density at radius 1 is 1.77 bits per heavy atom. The van der Waals surface area contributed by atoms with E-state index in [4.69, 9.17) is 10.8 Å². The second kappa shape index (κ2) is 2.35. The first-order chi connectivity index (χ1) is 6.06. The second-order valence-corrected chi connectivity index (χ2v) is 3.67. The quantitative estimate of drug-likeness (QED) is 0.587. The Kier molecular flexibility index (Phi) is 1.51. The number of nitrogens with two attached hydrogens (primary N) is 1. The van der Waals surface area contributed by atoms with E-state index in [1.165, 1.54) is 0 Å². The molecule has 1 aromatic heterocycles. The number of rotatable bonds is 1. The van der Waals surface area contributed by atoms with Crippen LogP contribution >= 0.6 is 0 Å². The molecule has 2 atom stereocenters. The fraction of sp³-hybridized carbons (Fsp3) is 0.444. The van der Waals surface area contributed by atoms with Crippen LogP contribution in [0.1, 0.15) is 18.1 Å². The van der Waals surface area contributed by atoms with Crippen molar-refractivity contribution in [3.8, 4) is 0 Å². The van der Waals surface area contributed by atoms with E-state index in [2.05, 4.69) is 4.98 Å². The summed E-state index contributed by atoms with van der Waals surface area (Å²) in [6.07, 6.45) is 4.25. The molecule has 1 aliphatic rings. The SMILES string of the molecule is CC1Cc2c[nH]cc2C1(N)C(=O)O. The van der Waals surface area contributed by atoms with Crippen LogP contribution in [0.4, 0.5) is 0 Å². The van der Waals surface area contributed by atoms with Crippen LogP contribution in [-0.4, -0.2) is 16.1 Å². The van der Waals surface area contributed by atoms with E-state index < -0.39 is 11.5 Å². The number of nitrogens with one attached hydrogen (secondary N) is 1. The number of aliphatic carboxylic acids is 1. The maximum atomic E-state index is 11.1. The van der Waals surface area contributed by atoms with E-state index in [0.29, 0.717) is 0 Å². The minimum absolute atomic E-state index is 0.0374. The van der Waals surface area contributed by atoms with Crippen molar-refractivity contribution in [1.82, 2.24) is 4.98 Å². The van der Waals surface area contributed by atoms with Crippen molar-refractivity contribution >= 4 is 5.97 Å². The zero-order valence-corrected chi connectivity index (χ0v) is 7.37. The van der Waals surface area contributed by atoms with Crippen molar-refractivity contribution in [3.05, 3.63) is 23.5 Å². The summed E-state index contributed by atoms with van der Waals surface area (Å²) in [7, 11) is 0. The summed E-state index contributed by atoms with van der Waals surface area (Å²) >= 11 is 0. The summed E-state index contributed by atoms with van der Waals surface area (Å²) in [5, 5.41) is 9.07. The van der Waals surface area contributed by atoms with Crippen molar-refractivity contribution in [2.75, 3.05) is 0 Å². The standard InChI is InChI=1S/C9H12N2O2/c1-5-2-6-3-11-4-7(6)9(5,10)8(12)13/h3-5,11H,2,10H2,1H3,(H,12,13). The second-order valence-electron chi connectivity index (χ2n) is 3.67. The highest BCUT2D eigenvalue weighted by Crippen LogP contribution is 2.39.